The summed E-state index contributed by atoms with van der Waals surface area (Å²) in [7, 11) is 1.48. The lowest BCUT2D eigenvalue weighted by Crippen LogP contribution is -2.14. The normalized spacial score (nSPS) is 10.6. The van der Waals surface area contributed by atoms with E-state index in [2.05, 4.69) is 15.4 Å². The van der Waals surface area contributed by atoms with Crippen LogP contribution in [0.3, 0.4) is 0 Å². The molecular formula is C17H16N4O4. The average molecular weight is 340 g/mol. The van der Waals surface area contributed by atoms with Gasteiger partial charge >= 0.3 is 5.97 Å². The summed E-state index contributed by atoms with van der Waals surface area (Å²) in [6.07, 6.45) is 1.60. The number of carboxylic acid groups (broad SMARTS) is 1. The van der Waals surface area contributed by atoms with Crippen molar-refractivity contribution in [2.24, 2.45) is 0 Å². The highest BCUT2D eigenvalue weighted by molar-refractivity contribution is 6.05. The Balaban J connectivity index is 1.94. The highest BCUT2D eigenvalue weighted by atomic mass is 16.5. The van der Waals surface area contributed by atoms with Gasteiger partial charge in [-0.15, -0.1) is 0 Å². The molecule has 0 atom stereocenters. The topological polar surface area (TPSA) is 106 Å². The molecule has 8 heteroatoms. The fraction of sp³-hybridized carbons (Fsp3) is 0.176. The molecule has 0 aliphatic heterocycles. The summed E-state index contributed by atoms with van der Waals surface area (Å²) in [6, 6.07) is 8.52. The number of ether oxygens (including phenoxy) is 1. The Morgan fingerprint density at radius 2 is 2.12 bits per heavy atom. The van der Waals surface area contributed by atoms with Crippen molar-refractivity contribution in [1.82, 2.24) is 14.8 Å². The van der Waals surface area contributed by atoms with Crippen molar-refractivity contribution in [2.75, 3.05) is 12.4 Å². The average Bonchev–Trinajstić information content (AvgIpc) is 2.94. The largest absolute Gasteiger partial charge is 0.494 e. The number of aromatic nitrogens is 3. The van der Waals surface area contributed by atoms with Gasteiger partial charge in [0.25, 0.3) is 5.91 Å². The number of fused-ring (bicyclic) bond motifs is 1. The number of pyridine rings is 1. The number of hydrogen-bond acceptors (Lipinski definition) is 5. The molecule has 0 fully saturated rings. The van der Waals surface area contributed by atoms with E-state index in [0.717, 1.165) is 5.69 Å². The molecule has 0 saturated heterocycles. The Morgan fingerprint density at radius 3 is 2.80 bits per heavy atom. The van der Waals surface area contributed by atoms with Crippen LogP contribution in [0.15, 0.2) is 36.5 Å². The van der Waals surface area contributed by atoms with Gasteiger partial charge in [-0.1, -0.05) is 6.07 Å². The molecule has 0 radical (unpaired) electrons. The van der Waals surface area contributed by atoms with Crippen LogP contribution in [0.25, 0.3) is 10.9 Å². The minimum absolute atomic E-state index is 0.244. The van der Waals surface area contributed by atoms with Gasteiger partial charge in [0.1, 0.15) is 18.0 Å². The predicted molar refractivity (Wildman–Crippen MR) is 90.8 cm³/mol. The maximum atomic E-state index is 12.4. The van der Waals surface area contributed by atoms with E-state index in [4.69, 9.17) is 9.84 Å². The van der Waals surface area contributed by atoms with Crippen molar-refractivity contribution >= 4 is 28.5 Å². The van der Waals surface area contributed by atoms with Crippen molar-refractivity contribution in [2.45, 2.75) is 13.5 Å². The van der Waals surface area contributed by atoms with E-state index in [1.54, 1.807) is 43.5 Å². The summed E-state index contributed by atoms with van der Waals surface area (Å²) in [5.74, 6) is -0.924. The minimum Gasteiger partial charge on any atom is -0.494 e. The first-order valence-corrected chi connectivity index (χ1v) is 7.48. The summed E-state index contributed by atoms with van der Waals surface area (Å²) in [6.45, 7) is 1.56. The van der Waals surface area contributed by atoms with Crippen LogP contribution in [0.5, 0.6) is 5.75 Å². The van der Waals surface area contributed by atoms with Gasteiger partial charge in [0.05, 0.1) is 18.3 Å². The van der Waals surface area contributed by atoms with Crippen LogP contribution >= 0.6 is 0 Å². The molecule has 8 nitrogen and oxygen atoms in total. The molecule has 0 aliphatic carbocycles. The summed E-state index contributed by atoms with van der Waals surface area (Å²) >= 11 is 0. The lowest BCUT2D eigenvalue weighted by molar-refractivity contribution is -0.137. The van der Waals surface area contributed by atoms with E-state index in [1.165, 1.54) is 11.8 Å². The Morgan fingerprint density at radius 1 is 1.32 bits per heavy atom. The van der Waals surface area contributed by atoms with Gasteiger partial charge in [-0.2, -0.15) is 5.10 Å². The Hall–Kier alpha value is -3.42. The summed E-state index contributed by atoms with van der Waals surface area (Å²) < 4.78 is 6.62. The maximum Gasteiger partial charge on any atom is 0.325 e. The SMILES string of the molecule is COc1cc2nn(CC(=O)O)cc2cc1NC(=O)c1cccc(C)n1. The Labute approximate surface area is 143 Å². The number of methoxy groups -OCH3 is 1. The van der Waals surface area contributed by atoms with Crippen molar-refractivity contribution in [3.63, 3.8) is 0 Å². The number of nitrogens with one attached hydrogen (secondary N) is 1. The molecule has 0 bridgehead atoms. The first-order valence-electron chi connectivity index (χ1n) is 7.48. The number of carbonyl (C=O) groups excluding carboxylic acids is 1. The Kier molecular flexibility index (Phi) is 4.34. The van der Waals surface area contributed by atoms with Gasteiger partial charge in [-0.05, 0) is 25.1 Å². The van der Waals surface area contributed by atoms with Gasteiger partial charge in [-0.3, -0.25) is 14.3 Å². The molecule has 0 spiro atoms. The summed E-state index contributed by atoms with van der Waals surface area (Å²) in [5.41, 5.74) is 2.07. The van der Waals surface area contributed by atoms with Crippen LogP contribution in [0, 0.1) is 6.92 Å². The molecule has 1 aromatic carbocycles. The standard InChI is InChI=1S/C17H16N4O4/c1-10-4-3-5-12(18-10)17(24)19-14-6-11-8-21(9-16(22)23)20-13(11)7-15(14)25-2/h3-8H,9H2,1-2H3,(H,19,24)(H,22,23). The molecule has 0 saturated carbocycles. The van der Waals surface area contributed by atoms with Gasteiger partial charge in [0, 0.05) is 23.3 Å². The van der Waals surface area contributed by atoms with Crippen molar-refractivity contribution in [3.8, 4) is 5.75 Å². The van der Waals surface area contributed by atoms with Crippen molar-refractivity contribution < 1.29 is 19.4 Å². The molecule has 3 rings (SSSR count). The monoisotopic (exact) mass is 340 g/mol. The number of aryl methyl sites for hydroxylation is 1. The molecule has 2 N–H and O–H groups in total. The van der Waals surface area contributed by atoms with Gasteiger partial charge in [0.15, 0.2) is 0 Å². The minimum atomic E-state index is -0.987. The number of anilines is 1. The number of benzene rings is 1. The number of nitrogens with zero attached hydrogens (tertiary/aromatic N) is 3. The van der Waals surface area contributed by atoms with E-state index < -0.39 is 5.97 Å². The number of aliphatic carboxylic acids is 1. The first kappa shape index (κ1) is 16.4. The lowest BCUT2D eigenvalue weighted by Gasteiger charge is -2.10. The van der Waals surface area contributed by atoms with Crippen LogP contribution in [-0.2, 0) is 11.3 Å². The van der Waals surface area contributed by atoms with Gasteiger partial charge in [0.2, 0.25) is 0 Å². The van der Waals surface area contributed by atoms with E-state index in [0.29, 0.717) is 28.0 Å². The molecule has 0 unspecified atom stereocenters. The molecule has 25 heavy (non-hydrogen) atoms. The van der Waals surface area contributed by atoms with Gasteiger partial charge < -0.3 is 15.2 Å². The fourth-order valence-corrected chi connectivity index (χ4v) is 2.45. The van der Waals surface area contributed by atoms with Crippen LogP contribution in [0.1, 0.15) is 16.2 Å². The second-order valence-corrected chi connectivity index (χ2v) is 5.45. The third-order valence-corrected chi connectivity index (χ3v) is 3.54. The van der Waals surface area contributed by atoms with Crippen LogP contribution in [0.4, 0.5) is 5.69 Å². The Bertz CT molecular complexity index is 964. The smallest absolute Gasteiger partial charge is 0.325 e. The van der Waals surface area contributed by atoms with Crippen LogP contribution < -0.4 is 10.1 Å². The molecule has 2 heterocycles. The van der Waals surface area contributed by atoms with E-state index in [-0.39, 0.29) is 12.5 Å². The molecule has 0 aliphatic rings. The quantitative estimate of drug-likeness (QED) is 0.736. The maximum absolute atomic E-state index is 12.4. The summed E-state index contributed by atoms with van der Waals surface area (Å²) in [4.78, 5) is 27.4. The van der Waals surface area contributed by atoms with E-state index in [9.17, 15) is 9.59 Å². The number of carbonyl (C=O) groups is 2. The second-order valence-electron chi connectivity index (χ2n) is 5.45. The number of carboxylic acids is 1. The zero-order valence-electron chi connectivity index (χ0n) is 13.7. The number of rotatable bonds is 5. The third kappa shape index (κ3) is 3.57. The van der Waals surface area contributed by atoms with Gasteiger partial charge in [-0.25, -0.2) is 4.98 Å². The molecule has 3 aromatic rings. The molecule has 2 aromatic heterocycles. The second kappa shape index (κ2) is 6.60. The summed E-state index contributed by atoms with van der Waals surface area (Å²) in [5, 5.41) is 16.5. The fourth-order valence-electron chi connectivity index (χ4n) is 2.45. The van der Waals surface area contributed by atoms with E-state index >= 15 is 0 Å². The zero-order chi connectivity index (χ0) is 18.0. The van der Waals surface area contributed by atoms with Crippen LogP contribution in [-0.4, -0.2) is 38.9 Å². The predicted octanol–water partition coefficient (Wildman–Crippen LogP) is 2.09. The highest BCUT2D eigenvalue weighted by Crippen LogP contribution is 2.30. The number of amides is 1. The third-order valence-electron chi connectivity index (χ3n) is 3.54. The van der Waals surface area contributed by atoms with Crippen molar-refractivity contribution in [3.05, 3.63) is 47.9 Å². The van der Waals surface area contributed by atoms with Crippen molar-refractivity contribution in [1.29, 1.82) is 0 Å². The highest BCUT2D eigenvalue weighted by Gasteiger charge is 2.14. The lowest BCUT2D eigenvalue weighted by atomic mass is 10.2. The van der Waals surface area contributed by atoms with E-state index in [1.807, 2.05) is 0 Å². The molecule has 128 valence electrons. The first-order chi connectivity index (χ1) is 12.0. The molecule has 1 amide bonds. The molecular weight excluding hydrogens is 324 g/mol. The van der Waals surface area contributed by atoms with Crippen LogP contribution in [0.2, 0.25) is 0 Å². The zero-order valence-corrected chi connectivity index (χ0v) is 13.7. The number of hydrogen-bond donors (Lipinski definition) is 2.